The summed E-state index contributed by atoms with van der Waals surface area (Å²) in [6.07, 6.45) is 0. The predicted octanol–water partition coefficient (Wildman–Crippen LogP) is 1.91. The SMILES string of the molecule is CONC(C)c1cc(C)ccc1O. The normalized spacial score (nSPS) is 12.8. The second kappa shape index (κ2) is 4.25. The minimum Gasteiger partial charge on any atom is -0.508 e. The molecule has 13 heavy (non-hydrogen) atoms. The molecule has 3 nitrogen and oxygen atoms in total. The summed E-state index contributed by atoms with van der Waals surface area (Å²) < 4.78 is 0. The third kappa shape index (κ3) is 2.44. The number of phenolic OH excluding ortho intramolecular Hbond substituents is 1. The van der Waals surface area contributed by atoms with Gasteiger partial charge in [-0.2, -0.15) is 5.48 Å². The van der Waals surface area contributed by atoms with E-state index in [1.54, 1.807) is 13.2 Å². The molecular weight excluding hydrogens is 166 g/mol. The van der Waals surface area contributed by atoms with Crippen molar-refractivity contribution in [1.82, 2.24) is 5.48 Å². The second-order valence-electron chi connectivity index (χ2n) is 3.11. The number of phenols is 1. The highest BCUT2D eigenvalue weighted by Crippen LogP contribution is 2.24. The van der Waals surface area contributed by atoms with Crippen LogP contribution in [0.5, 0.6) is 5.75 Å². The summed E-state index contributed by atoms with van der Waals surface area (Å²) in [5, 5.41) is 9.54. The van der Waals surface area contributed by atoms with E-state index < -0.39 is 0 Å². The van der Waals surface area contributed by atoms with E-state index in [0.717, 1.165) is 11.1 Å². The Kier molecular flexibility index (Phi) is 3.28. The first kappa shape index (κ1) is 10.0. The van der Waals surface area contributed by atoms with E-state index in [0.29, 0.717) is 5.75 Å². The summed E-state index contributed by atoms with van der Waals surface area (Å²) in [4.78, 5) is 4.79. The minimum atomic E-state index is -0.00935. The average Bonchev–Trinajstić information content (AvgIpc) is 2.09. The van der Waals surface area contributed by atoms with Crippen molar-refractivity contribution in [3.63, 3.8) is 0 Å². The Bertz CT molecular complexity index is 286. The Balaban J connectivity index is 2.91. The molecule has 0 radical (unpaired) electrons. The lowest BCUT2D eigenvalue weighted by Crippen LogP contribution is -2.16. The largest absolute Gasteiger partial charge is 0.508 e. The van der Waals surface area contributed by atoms with E-state index in [-0.39, 0.29) is 6.04 Å². The van der Waals surface area contributed by atoms with Gasteiger partial charge in [-0.3, -0.25) is 0 Å². The van der Waals surface area contributed by atoms with Gasteiger partial charge >= 0.3 is 0 Å². The van der Waals surface area contributed by atoms with Crippen LogP contribution in [-0.4, -0.2) is 12.2 Å². The maximum absolute atomic E-state index is 9.54. The first-order chi connectivity index (χ1) is 6.15. The molecule has 0 aliphatic carbocycles. The van der Waals surface area contributed by atoms with Crippen molar-refractivity contribution in [1.29, 1.82) is 0 Å². The summed E-state index contributed by atoms with van der Waals surface area (Å²) in [6.45, 7) is 3.92. The molecule has 0 bridgehead atoms. The zero-order valence-corrected chi connectivity index (χ0v) is 8.16. The maximum Gasteiger partial charge on any atom is 0.120 e. The fourth-order valence-electron chi connectivity index (χ4n) is 1.26. The van der Waals surface area contributed by atoms with Crippen LogP contribution in [0, 0.1) is 6.92 Å². The van der Waals surface area contributed by atoms with Crippen LogP contribution >= 0.6 is 0 Å². The van der Waals surface area contributed by atoms with Gasteiger partial charge < -0.3 is 9.94 Å². The van der Waals surface area contributed by atoms with Gasteiger partial charge in [0, 0.05) is 5.56 Å². The van der Waals surface area contributed by atoms with Gasteiger partial charge in [0.25, 0.3) is 0 Å². The van der Waals surface area contributed by atoms with E-state index in [1.807, 2.05) is 26.0 Å². The van der Waals surface area contributed by atoms with Crippen molar-refractivity contribution in [2.24, 2.45) is 0 Å². The van der Waals surface area contributed by atoms with Gasteiger partial charge in [-0.1, -0.05) is 17.7 Å². The fraction of sp³-hybridized carbons (Fsp3) is 0.400. The molecule has 72 valence electrons. The van der Waals surface area contributed by atoms with Crippen molar-refractivity contribution in [2.45, 2.75) is 19.9 Å². The summed E-state index contributed by atoms with van der Waals surface area (Å²) in [6, 6.07) is 5.49. The molecule has 1 aromatic rings. The monoisotopic (exact) mass is 181 g/mol. The zero-order chi connectivity index (χ0) is 9.84. The Labute approximate surface area is 78.3 Å². The molecule has 0 aliphatic heterocycles. The number of rotatable bonds is 3. The first-order valence-electron chi connectivity index (χ1n) is 4.23. The molecule has 1 aromatic carbocycles. The molecule has 0 saturated carbocycles. The van der Waals surface area contributed by atoms with Crippen LogP contribution < -0.4 is 5.48 Å². The molecule has 0 fully saturated rings. The molecule has 0 amide bonds. The summed E-state index contributed by atoms with van der Waals surface area (Å²) in [7, 11) is 1.56. The van der Waals surface area contributed by atoms with Crippen molar-refractivity contribution in [2.75, 3.05) is 7.11 Å². The van der Waals surface area contributed by atoms with Crippen LogP contribution in [0.1, 0.15) is 24.1 Å². The summed E-state index contributed by atoms with van der Waals surface area (Å²) in [5.41, 5.74) is 4.74. The molecule has 0 saturated heterocycles. The minimum absolute atomic E-state index is 0.00935. The Morgan fingerprint density at radius 1 is 1.46 bits per heavy atom. The van der Waals surface area contributed by atoms with E-state index in [9.17, 15) is 5.11 Å². The number of aryl methyl sites for hydroxylation is 1. The van der Waals surface area contributed by atoms with Crippen LogP contribution in [0.4, 0.5) is 0 Å². The molecule has 3 heteroatoms. The van der Waals surface area contributed by atoms with Gasteiger partial charge in [0.05, 0.1) is 13.2 Å². The average molecular weight is 181 g/mol. The van der Waals surface area contributed by atoms with Crippen molar-refractivity contribution in [3.8, 4) is 5.75 Å². The molecule has 1 unspecified atom stereocenters. The van der Waals surface area contributed by atoms with Crippen molar-refractivity contribution >= 4 is 0 Å². The van der Waals surface area contributed by atoms with Gasteiger partial charge in [0.2, 0.25) is 0 Å². The lowest BCUT2D eigenvalue weighted by Gasteiger charge is -2.14. The highest BCUT2D eigenvalue weighted by molar-refractivity contribution is 5.37. The first-order valence-corrected chi connectivity index (χ1v) is 4.23. The Morgan fingerprint density at radius 2 is 2.15 bits per heavy atom. The molecule has 1 atom stereocenters. The molecule has 0 heterocycles. The number of hydrogen-bond donors (Lipinski definition) is 2. The second-order valence-corrected chi connectivity index (χ2v) is 3.11. The summed E-state index contributed by atoms with van der Waals surface area (Å²) in [5.74, 6) is 0.294. The fourth-order valence-corrected chi connectivity index (χ4v) is 1.26. The van der Waals surface area contributed by atoms with Crippen LogP contribution in [0.3, 0.4) is 0 Å². The van der Waals surface area contributed by atoms with Crippen LogP contribution in [-0.2, 0) is 4.84 Å². The molecular formula is C10H15NO2. The molecule has 0 aliphatic rings. The van der Waals surface area contributed by atoms with E-state index >= 15 is 0 Å². The Morgan fingerprint density at radius 3 is 2.77 bits per heavy atom. The zero-order valence-electron chi connectivity index (χ0n) is 8.16. The van der Waals surface area contributed by atoms with Crippen molar-refractivity contribution < 1.29 is 9.94 Å². The number of hydroxylamine groups is 1. The lowest BCUT2D eigenvalue weighted by molar-refractivity contribution is 0.0651. The highest BCUT2D eigenvalue weighted by atomic mass is 16.6. The number of aromatic hydroxyl groups is 1. The highest BCUT2D eigenvalue weighted by Gasteiger charge is 2.09. The van der Waals surface area contributed by atoms with E-state index in [2.05, 4.69) is 5.48 Å². The third-order valence-electron chi connectivity index (χ3n) is 1.94. The standard InChI is InChI=1S/C10H15NO2/c1-7-4-5-10(12)9(6-7)8(2)11-13-3/h4-6,8,11-12H,1-3H3. The van der Waals surface area contributed by atoms with Crippen LogP contribution in [0.25, 0.3) is 0 Å². The quantitative estimate of drug-likeness (QED) is 0.700. The maximum atomic E-state index is 9.54. The molecule has 0 spiro atoms. The van der Waals surface area contributed by atoms with Gasteiger partial charge in [-0.15, -0.1) is 0 Å². The number of nitrogens with one attached hydrogen (secondary N) is 1. The summed E-state index contributed by atoms with van der Waals surface area (Å²) >= 11 is 0. The molecule has 1 rings (SSSR count). The van der Waals surface area contributed by atoms with E-state index in [1.165, 1.54) is 0 Å². The van der Waals surface area contributed by atoms with Gasteiger partial charge in [0.1, 0.15) is 5.75 Å². The van der Waals surface area contributed by atoms with Gasteiger partial charge in [-0.05, 0) is 19.9 Å². The topological polar surface area (TPSA) is 41.5 Å². The van der Waals surface area contributed by atoms with Crippen LogP contribution in [0.2, 0.25) is 0 Å². The Hall–Kier alpha value is -1.06. The van der Waals surface area contributed by atoms with Crippen molar-refractivity contribution in [3.05, 3.63) is 29.3 Å². The lowest BCUT2D eigenvalue weighted by atomic mass is 10.1. The smallest absolute Gasteiger partial charge is 0.120 e. The predicted molar refractivity (Wildman–Crippen MR) is 51.4 cm³/mol. The van der Waals surface area contributed by atoms with E-state index in [4.69, 9.17) is 4.84 Å². The number of benzene rings is 1. The molecule has 2 N–H and O–H groups in total. The number of hydrogen-bond acceptors (Lipinski definition) is 3. The molecule has 0 aromatic heterocycles. The van der Waals surface area contributed by atoms with Gasteiger partial charge in [0.15, 0.2) is 0 Å². The third-order valence-corrected chi connectivity index (χ3v) is 1.94. The van der Waals surface area contributed by atoms with Crippen LogP contribution in [0.15, 0.2) is 18.2 Å². The van der Waals surface area contributed by atoms with Gasteiger partial charge in [-0.25, -0.2) is 0 Å².